The van der Waals surface area contributed by atoms with Gasteiger partial charge >= 0.3 is 0 Å². The van der Waals surface area contributed by atoms with Crippen LogP contribution in [0, 0.1) is 29.5 Å². The van der Waals surface area contributed by atoms with Gasteiger partial charge in [0.25, 0.3) is 0 Å². The number of anilines is 1. The molecule has 4 nitrogen and oxygen atoms in total. The topological polar surface area (TPSA) is 35.6 Å². The van der Waals surface area contributed by atoms with Crippen LogP contribution in [-0.2, 0) is 4.79 Å². The minimum atomic E-state index is -0.237. The Morgan fingerprint density at radius 2 is 1.76 bits per heavy atom. The number of benzene rings is 1. The first-order valence-corrected chi connectivity index (χ1v) is 12.5. The maximum atomic E-state index is 13.8. The molecule has 1 aromatic rings. The summed E-state index contributed by atoms with van der Waals surface area (Å²) in [6, 6.07) is 6.55. The van der Waals surface area contributed by atoms with Crippen LogP contribution >= 0.6 is 0 Å². The summed E-state index contributed by atoms with van der Waals surface area (Å²) in [5.41, 5.74) is 9.17. The van der Waals surface area contributed by atoms with Gasteiger partial charge in [0.2, 0.25) is 5.91 Å². The molecule has 0 aromatic heterocycles. The maximum Gasteiger partial charge on any atom is 0.229 e. The summed E-state index contributed by atoms with van der Waals surface area (Å²) in [7, 11) is 0. The van der Waals surface area contributed by atoms with Gasteiger partial charge in [0.1, 0.15) is 5.82 Å². The van der Waals surface area contributed by atoms with Gasteiger partial charge in [-0.3, -0.25) is 9.80 Å². The van der Waals surface area contributed by atoms with E-state index in [0.29, 0.717) is 17.7 Å². The first kappa shape index (κ1) is 23.6. The second-order valence-electron chi connectivity index (χ2n) is 10.6. The molecule has 2 atom stereocenters. The molecule has 2 aliphatic carbocycles. The number of hydrogen-bond acceptors (Lipinski definition) is 3. The van der Waals surface area contributed by atoms with Crippen molar-refractivity contribution in [3.63, 3.8) is 0 Å². The van der Waals surface area contributed by atoms with Crippen molar-refractivity contribution < 1.29 is 9.18 Å². The zero-order chi connectivity index (χ0) is 23.7. The minimum Gasteiger partial charge on any atom is -0.342 e. The number of nitrogens with zero attached hydrogens (tertiary/aromatic N) is 2. The lowest BCUT2D eigenvalue weighted by Gasteiger charge is -2.32. The number of hydrazine groups is 1. The predicted octanol–water partition coefficient (Wildman–Crippen LogP) is 6.20. The summed E-state index contributed by atoms with van der Waals surface area (Å²) in [6.45, 7) is 12.8. The molecule has 1 heterocycles. The minimum absolute atomic E-state index is 0.0205. The van der Waals surface area contributed by atoms with E-state index in [2.05, 4.69) is 51.0 Å². The first-order chi connectivity index (χ1) is 15.8. The Balaban J connectivity index is 1.58. The molecule has 0 fully saturated rings. The molecule has 0 unspecified atom stereocenters. The van der Waals surface area contributed by atoms with Gasteiger partial charge in [-0.1, -0.05) is 34.6 Å². The summed E-state index contributed by atoms with van der Waals surface area (Å²) >= 11 is 0. The van der Waals surface area contributed by atoms with Gasteiger partial charge in [0.05, 0.1) is 17.3 Å². The summed E-state index contributed by atoms with van der Waals surface area (Å²) in [5, 5.41) is 2.02. The van der Waals surface area contributed by atoms with Crippen molar-refractivity contribution in [3.05, 3.63) is 64.8 Å². The molecule has 0 saturated carbocycles. The van der Waals surface area contributed by atoms with Gasteiger partial charge in [0, 0.05) is 30.8 Å². The average molecular weight is 452 g/mol. The second-order valence-corrected chi connectivity index (χ2v) is 10.6. The molecule has 3 aliphatic rings. The number of nitrogens with one attached hydrogen (secondary N) is 1. The van der Waals surface area contributed by atoms with Crippen molar-refractivity contribution in [2.45, 2.75) is 60.3 Å². The molecule has 33 heavy (non-hydrogen) atoms. The molecular formula is C28H38FN3O. The molecule has 178 valence electrons. The third-order valence-corrected chi connectivity index (χ3v) is 7.23. The van der Waals surface area contributed by atoms with E-state index >= 15 is 0 Å². The van der Waals surface area contributed by atoms with Crippen LogP contribution < -0.4 is 10.4 Å². The van der Waals surface area contributed by atoms with E-state index in [9.17, 15) is 9.18 Å². The number of allylic oxidation sites excluding steroid dienone is 3. The molecule has 5 heteroatoms. The van der Waals surface area contributed by atoms with Gasteiger partial charge in [-0.15, -0.1) is 0 Å². The van der Waals surface area contributed by atoms with E-state index < -0.39 is 0 Å². The van der Waals surface area contributed by atoms with Crippen LogP contribution in [0.4, 0.5) is 10.1 Å². The Labute approximate surface area is 198 Å². The standard InChI is InChI=1S/C28H38FN3O/c1-18(2)12-14-31(15-13-19(3)4)28(33)24-11-6-21-16-26-25(20(5)27(21)24)17-30-32(26)23-9-7-22(29)8-10-23/h7-10,16-20,24,30H,6,11-15H2,1-5H3/t20-,24-/m0/s1. The fourth-order valence-corrected chi connectivity index (χ4v) is 5.23. The summed E-state index contributed by atoms with van der Waals surface area (Å²) in [4.78, 5) is 15.9. The van der Waals surface area contributed by atoms with Crippen LogP contribution in [-0.4, -0.2) is 23.9 Å². The zero-order valence-corrected chi connectivity index (χ0v) is 20.7. The number of carbonyl (C=O) groups excluding carboxylic acids is 1. The van der Waals surface area contributed by atoms with E-state index in [0.717, 1.165) is 50.2 Å². The Kier molecular flexibility index (Phi) is 6.96. The highest BCUT2D eigenvalue weighted by atomic mass is 19.1. The molecule has 0 spiro atoms. The maximum absolute atomic E-state index is 13.8. The lowest BCUT2D eigenvalue weighted by molar-refractivity contribution is -0.134. The fourth-order valence-electron chi connectivity index (χ4n) is 5.23. The summed E-state index contributed by atoms with van der Waals surface area (Å²) < 4.78 is 13.4. The van der Waals surface area contributed by atoms with Crippen LogP contribution in [0.25, 0.3) is 0 Å². The predicted molar refractivity (Wildman–Crippen MR) is 133 cm³/mol. The molecule has 0 radical (unpaired) electrons. The zero-order valence-electron chi connectivity index (χ0n) is 20.7. The average Bonchev–Trinajstić information content (AvgIpc) is 3.39. The van der Waals surface area contributed by atoms with Gasteiger partial charge in [-0.25, -0.2) is 4.39 Å². The smallest absolute Gasteiger partial charge is 0.229 e. The molecule has 4 rings (SSSR count). The summed E-state index contributed by atoms with van der Waals surface area (Å²) in [6.07, 6.45) is 8.21. The Hall–Kier alpha value is -2.56. The SMILES string of the molecule is CC(C)CCN(CCC(C)C)C(=O)[C@H]1CCC2=C1[C@@H](C)C1=CNN(c3ccc(F)cc3)C1=C2. The second kappa shape index (κ2) is 9.74. The highest BCUT2D eigenvalue weighted by Gasteiger charge is 2.41. The molecule has 1 N–H and O–H groups in total. The number of halogens is 1. The third-order valence-electron chi connectivity index (χ3n) is 7.23. The molecule has 0 bridgehead atoms. The normalized spacial score (nSPS) is 21.8. The number of carbonyl (C=O) groups is 1. The van der Waals surface area contributed by atoms with Crippen LogP contribution in [0.3, 0.4) is 0 Å². The van der Waals surface area contributed by atoms with E-state index in [1.54, 1.807) is 12.1 Å². The van der Waals surface area contributed by atoms with Crippen molar-refractivity contribution >= 4 is 11.6 Å². The third kappa shape index (κ3) is 4.87. The molecule has 1 aromatic carbocycles. The van der Waals surface area contributed by atoms with E-state index in [1.807, 2.05) is 11.2 Å². The fraction of sp³-hybridized carbons (Fsp3) is 0.536. The molecular weight excluding hydrogens is 413 g/mol. The highest BCUT2D eigenvalue weighted by molar-refractivity contribution is 5.84. The summed E-state index contributed by atoms with van der Waals surface area (Å²) in [5.74, 6) is 1.41. The number of hydrogen-bond donors (Lipinski definition) is 1. The quantitative estimate of drug-likeness (QED) is 0.511. The van der Waals surface area contributed by atoms with Gasteiger partial charge in [-0.05, 0) is 79.0 Å². The van der Waals surface area contributed by atoms with E-state index in [4.69, 9.17) is 0 Å². The van der Waals surface area contributed by atoms with Gasteiger partial charge < -0.3 is 10.3 Å². The van der Waals surface area contributed by atoms with Gasteiger partial charge in [0.15, 0.2) is 0 Å². The first-order valence-electron chi connectivity index (χ1n) is 12.5. The Bertz CT molecular complexity index is 961. The largest absolute Gasteiger partial charge is 0.342 e. The van der Waals surface area contributed by atoms with Crippen LogP contribution in [0.2, 0.25) is 0 Å². The van der Waals surface area contributed by atoms with Crippen molar-refractivity contribution in [2.75, 3.05) is 18.1 Å². The van der Waals surface area contributed by atoms with Crippen LogP contribution in [0.15, 0.2) is 59.0 Å². The number of rotatable bonds is 8. The van der Waals surface area contributed by atoms with Crippen molar-refractivity contribution in [2.24, 2.45) is 23.7 Å². The van der Waals surface area contributed by atoms with Crippen molar-refractivity contribution in [3.8, 4) is 0 Å². The molecule has 1 amide bonds. The number of amides is 1. The molecule has 1 aliphatic heterocycles. The Morgan fingerprint density at radius 1 is 1.12 bits per heavy atom. The molecule has 0 saturated heterocycles. The monoisotopic (exact) mass is 451 g/mol. The van der Waals surface area contributed by atoms with Crippen LogP contribution in [0.5, 0.6) is 0 Å². The lowest BCUT2D eigenvalue weighted by Crippen LogP contribution is -2.39. The van der Waals surface area contributed by atoms with Gasteiger partial charge in [-0.2, -0.15) is 0 Å². The van der Waals surface area contributed by atoms with E-state index in [-0.39, 0.29) is 17.7 Å². The van der Waals surface area contributed by atoms with Crippen molar-refractivity contribution in [1.82, 2.24) is 10.3 Å². The Morgan fingerprint density at radius 3 is 2.36 bits per heavy atom. The van der Waals surface area contributed by atoms with Crippen LogP contribution in [0.1, 0.15) is 60.3 Å². The number of fused-ring (bicyclic) bond motifs is 1. The van der Waals surface area contributed by atoms with Crippen molar-refractivity contribution in [1.29, 1.82) is 0 Å². The lowest BCUT2D eigenvalue weighted by atomic mass is 9.80. The van der Waals surface area contributed by atoms with E-state index in [1.165, 1.54) is 28.9 Å². The highest BCUT2D eigenvalue weighted by Crippen LogP contribution is 2.48.